The van der Waals surface area contributed by atoms with Gasteiger partial charge in [-0.3, -0.25) is 4.79 Å². The van der Waals surface area contributed by atoms with E-state index in [2.05, 4.69) is 0 Å². The first kappa shape index (κ1) is 20.3. The zero-order chi connectivity index (χ0) is 17.7. The average Bonchev–Trinajstić information content (AvgIpc) is 2.56. The molecule has 0 spiro atoms. The lowest BCUT2D eigenvalue weighted by atomic mass is 9.99. The fraction of sp³-hybridized carbons (Fsp3) is 0.917. The van der Waals surface area contributed by atoms with Gasteiger partial charge in [0.1, 0.15) is 49.3 Å². The Bertz CT molecular complexity index is 376. The van der Waals surface area contributed by atoms with Crippen molar-refractivity contribution in [2.45, 2.75) is 49.0 Å². The Hall–Kier alpha value is -0.730. The van der Waals surface area contributed by atoms with Gasteiger partial charge in [0.2, 0.25) is 0 Å². The Kier molecular flexibility index (Phi) is 7.89. The van der Waals surface area contributed by atoms with Crippen LogP contribution in [0.25, 0.3) is 0 Å². The molecule has 0 amide bonds. The molecule has 0 bridgehead atoms. The molecular weight excluding hydrogens is 320 g/mol. The van der Waals surface area contributed by atoms with Gasteiger partial charge in [0, 0.05) is 0 Å². The standard InChI is InChI=1S/C12H22O11/c13-1-4(15)7(17)8(18)5(16)3-22-12-11(21)10(20)9(19)6(2-14)23-12/h4,6-15,17-21H,1-3H2/t4-,6+,7+,8+,9-,10-,11+,12+/m0/s1. The summed E-state index contributed by atoms with van der Waals surface area (Å²) in [5.41, 5.74) is 0. The zero-order valence-electron chi connectivity index (χ0n) is 12.0. The molecule has 8 N–H and O–H groups in total. The summed E-state index contributed by atoms with van der Waals surface area (Å²) in [6, 6.07) is 0. The Balaban J connectivity index is 2.57. The summed E-state index contributed by atoms with van der Waals surface area (Å²) in [5, 5.41) is 74.4. The van der Waals surface area contributed by atoms with Crippen LogP contribution in [0.2, 0.25) is 0 Å². The first-order chi connectivity index (χ1) is 10.7. The molecule has 1 heterocycles. The third-order valence-electron chi connectivity index (χ3n) is 3.47. The van der Waals surface area contributed by atoms with Gasteiger partial charge in [0.25, 0.3) is 0 Å². The molecule has 23 heavy (non-hydrogen) atoms. The maximum absolute atomic E-state index is 11.6. The topological polar surface area (TPSA) is 197 Å². The highest BCUT2D eigenvalue weighted by Crippen LogP contribution is 2.22. The number of carbonyl (C=O) groups excluding carboxylic acids is 1. The van der Waals surface area contributed by atoms with Gasteiger partial charge < -0.3 is 50.3 Å². The molecule has 1 fully saturated rings. The molecule has 11 heteroatoms. The van der Waals surface area contributed by atoms with Crippen molar-refractivity contribution in [3.05, 3.63) is 0 Å². The van der Waals surface area contributed by atoms with E-state index in [0.717, 1.165) is 0 Å². The Morgan fingerprint density at radius 3 is 2.17 bits per heavy atom. The number of carbonyl (C=O) groups is 1. The summed E-state index contributed by atoms with van der Waals surface area (Å²) in [6.07, 6.45) is -13.5. The van der Waals surface area contributed by atoms with Crippen LogP contribution in [-0.2, 0) is 14.3 Å². The second-order valence-corrected chi connectivity index (χ2v) is 5.16. The normalized spacial score (nSPS) is 35.6. The van der Waals surface area contributed by atoms with Gasteiger partial charge in [-0.1, -0.05) is 0 Å². The molecule has 1 saturated heterocycles. The van der Waals surface area contributed by atoms with Crippen molar-refractivity contribution in [3.8, 4) is 0 Å². The van der Waals surface area contributed by atoms with Crippen molar-refractivity contribution in [1.29, 1.82) is 0 Å². The van der Waals surface area contributed by atoms with E-state index in [4.69, 9.17) is 24.8 Å². The minimum absolute atomic E-state index is 0.678. The van der Waals surface area contributed by atoms with Crippen LogP contribution in [0.5, 0.6) is 0 Å². The highest BCUT2D eigenvalue weighted by atomic mass is 16.7. The van der Waals surface area contributed by atoms with Crippen molar-refractivity contribution in [2.24, 2.45) is 0 Å². The number of aliphatic hydroxyl groups is 8. The maximum atomic E-state index is 11.6. The van der Waals surface area contributed by atoms with E-state index in [1.807, 2.05) is 0 Å². The molecule has 1 rings (SSSR count). The van der Waals surface area contributed by atoms with E-state index in [-0.39, 0.29) is 0 Å². The molecule has 136 valence electrons. The minimum Gasteiger partial charge on any atom is -0.394 e. The molecule has 0 radical (unpaired) electrons. The van der Waals surface area contributed by atoms with Crippen LogP contribution in [0.3, 0.4) is 0 Å². The lowest BCUT2D eigenvalue weighted by Gasteiger charge is -2.39. The highest BCUT2D eigenvalue weighted by molar-refractivity contribution is 5.84. The van der Waals surface area contributed by atoms with Crippen LogP contribution >= 0.6 is 0 Å². The summed E-state index contributed by atoms with van der Waals surface area (Å²) in [6.45, 7) is -2.42. The van der Waals surface area contributed by atoms with E-state index < -0.39 is 74.6 Å². The average molecular weight is 342 g/mol. The fourth-order valence-electron chi connectivity index (χ4n) is 1.96. The number of Topliss-reactive ketones (excluding diaryl/α,β-unsaturated/α-hetero) is 1. The van der Waals surface area contributed by atoms with Crippen molar-refractivity contribution >= 4 is 5.78 Å². The minimum atomic E-state index is -2.05. The molecule has 1 aliphatic heterocycles. The Morgan fingerprint density at radius 2 is 1.65 bits per heavy atom. The SMILES string of the molecule is O=C(CO[C@@H]1O[C@H](CO)[C@H](O)[C@H](O)[C@H]1O)[C@@H](O)[C@H](O)[C@@H](O)CO. The Labute approximate surface area is 130 Å². The van der Waals surface area contributed by atoms with E-state index in [0.29, 0.717) is 0 Å². The molecule has 0 aromatic heterocycles. The van der Waals surface area contributed by atoms with Gasteiger partial charge in [-0.2, -0.15) is 0 Å². The lowest BCUT2D eigenvalue weighted by Crippen LogP contribution is -2.59. The maximum Gasteiger partial charge on any atom is 0.189 e. The molecule has 0 aromatic rings. The summed E-state index contributed by atoms with van der Waals surface area (Å²) < 4.78 is 9.85. The van der Waals surface area contributed by atoms with E-state index in [1.165, 1.54) is 0 Å². The predicted molar refractivity (Wildman–Crippen MR) is 69.8 cm³/mol. The van der Waals surface area contributed by atoms with Crippen LogP contribution in [0, 0.1) is 0 Å². The number of hydrogen-bond acceptors (Lipinski definition) is 11. The number of ketones is 1. The number of aliphatic hydroxyl groups excluding tert-OH is 8. The van der Waals surface area contributed by atoms with E-state index in [9.17, 15) is 30.3 Å². The number of rotatable bonds is 8. The molecular formula is C12H22O11. The second kappa shape index (κ2) is 8.94. The molecule has 11 nitrogen and oxygen atoms in total. The molecule has 0 aromatic carbocycles. The van der Waals surface area contributed by atoms with Gasteiger partial charge >= 0.3 is 0 Å². The van der Waals surface area contributed by atoms with Gasteiger partial charge in [-0.15, -0.1) is 0 Å². The summed E-state index contributed by atoms with van der Waals surface area (Å²) >= 11 is 0. The van der Waals surface area contributed by atoms with Crippen molar-refractivity contribution < 1.29 is 55.1 Å². The van der Waals surface area contributed by atoms with E-state index in [1.54, 1.807) is 0 Å². The molecule has 0 aliphatic carbocycles. The first-order valence-electron chi connectivity index (χ1n) is 6.84. The van der Waals surface area contributed by atoms with Crippen LogP contribution in [0.15, 0.2) is 0 Å². The van der Waals surface area contributed by atoms with Crippen molar-refractivity contribution in [2.75, 3.05) is 19.8 Å². The fourth-order valence-corrected chi connectivity index (χ4v) is 1.96. The van der Waals surface area contributed by atoms with Gasteiger partial charge in [-0.25, -0.2) is 0 Å². The quantitative estimate of drug-likeness (QED) is 0.209. The molecule has 0 saturated carbocycles. The number of ether oxygens (including phenoxy) is 2. The van der Waals surface area contributed by atoms with E-state index >= 15 is 0 Å². The molecule has 8 atom stereocenters. The van der Waals surface area contributed by atoms with Crippen molar-refractivity contribution in [3.63, 3.8) is 0 Å². The van der Waals surface area contributed by atoms with Gasteiger partial charge in [0.15, 0.2) is 12.1 Å². The van der Waals surface area contributed by atoms with Crippen LogP contribution in [0.1, 0.15) is 0 Å². The third kappa shape index (κ3) is 4.87. The highest BCUT2D eigenvalue weighted by Gasteiger charge is 2.44. The van der Waals surface area contributed by atoms with Gasteiger partial charge in [0.05, 0.1) is 13.2 Å². The van der Waals surface area contributed by atoms with Crippen molar-refractivity contribution in [1.82, 2.24) is 0 Å². The van der Waals surface area contributed by atoms with Crippen LogP contribution in [0.4, 0.5) is 0 Å². The smallest absolute Gasteiger partial charge is 0.189 e. The van der Waals surface area contributed by atoms with Crippen LogP contribution < -0.4 is 0 Å². The molecule has 1 aliphatic rings. The van der Waals surface area contributed by atoms with Gasteiger partial charge in [-0.05, 0) is 0 Å². The lowest BCUT2D eigenvalue weighted by molar-refractivity contribution is -0.299. The monoisotopic (exact) mass is 342 g/mol. The largest absolute Gasteiger partial charge is 0.394 e. The summed E-state index contributed by atoms with van der Waals surface area (Å²) in [7, 11) is 0. The summed E-state index contributed by atoms with van der Waals surface area (Å²) in [4.78, 5) is 11.6. The summed E-state index contributed by atoms with van der Waals surface area (Å²) in [5.74, 6) is -1.08. The number of hydrogen-bond donors (Lipinski definition) is 8. The Morgan fingerprint density at radius 1 is 1.04 bits per heavy atom. The third-order valence-corrected chi connectivity index (χ3v) is 3.47. The predicted octanol–water partition coefficient (Wildman–Crippen LogP) is -5.55. The van der Waals surface area contributed by atoms with Crippen LogP contribution in [-0.4, -0.2) is 115 Å². The first-order valence-corrected chi connectivity index (χ1v) is 6.84. The molecule has 0 unspecified atom stereocenters. The zero-order valence-corrected chi connectivity index (χ0v) is 12.0. The second-order valence-electron chi connectivity index (χ2n) is 5.16.